The quantitative estimate of drug-likeness (QED) is 0.468. The highest BCUT2D eigenvalue weighted by Crippen LogP contribution is 2.41. The number of hydrogen-bond donors (Lipinski definition) is 1. The molecule has 1 aromatic carbocycles. The number of hydrogen-bond acceptors (Lipinski definition) is 7. The molecule has 1 aromatic heterocycles. The Kier molecular flexibility index (Phi) is 7.02. The van der Waals surface area contributed by atoms with Gasteiger partial charge in [0.25, 0.3) is 5.91 Å². The molecule has 3 fully saturated rings. The Morgan fingerprint density at radius 2 is 1.92 bits per heavy atom. The van der Waals surface area contributed by atoms with Crippen LogP contribution in [-0.2, 0) is 26.4 Å². The van der Waals surface area contributed by atoms with Crippen molar-refractivity contribution < 1.29 is 23.9 Å². The van der Waals surface area contributed by atoms with Gasteiger partial charge in [0.2, 0.25) is 0 Å². The van der Waals surface area contributed by atoms with Crippen molar-refractivity contribution in [3.8, 4) is 0 Å². The van der Waals surface area contributed by atoms with E-state index in [1.165, 1.54) is 12.0 Å². The van der Waals surface area contributed by atoms with Crippen molar-refractivity contribution >= 4 is 17.9 Å². The predicted octanol–water partition coefficient (Wildman–Crippen LogP) is 2.71. The Labute approximate surface area is 210 Å². The van der Waals surface area contributed by atoms with E-state index in [4.69, 9.17) is 9.47 Å². The minimum absolute atomic E-state index is 0.0729. The number of nitrogens with one attached hydrogen (secondary N) is 1. The van der Waals surface area contributed by atoms with Crippen molar-refractivity contribution in [2.75, 3.05) is 33.4 Å². The van der Waals surface area contributed by atoms with Crippen LogP contribution in [0.3, 0.4) is 0 Å². The molecule has 2 atom stereocenters. The zero-order valence-electron chi connectivity index (χ0n) is 20.5. The monoisotopic (exact) mass is 492 g/mol. The molecular weight excluding hydrogens is 460 g/mol. The summed E-state index contributed by atoms with van der Waals surface area (Å²) in [4.78, 5) is 46.9. The first-order valence-corrected chi connectivity index (χ1v) is 12.6. The highest BCUT2D eigenvalue weighted by molar-refractivity contribution is 6.07. The van der Waals surface area contributed by atoms with Crippen molar-refractivity contribution in [2.45, 2.75) is 43.9 Å². The molecule has 3 aliphatic heterocycles. The molecule has 1 N–H and O–H groups in total. The molecule has 3 saturated heterocycles. The number of aromatic nitrogens is 1. The molecule has 5 rings (SSSR count). The van der Waals surface area contributed by atoms with Gasteiger partial charge in [-0.2, -0.15) is 0 Å². The van der Waals surface area contributed by atoms with Gasteiger partial charge in [-0.1, -0.05) is 18.2 Å². The Morgan fingerprint density at radius 3 is 2.56 bits per heavy atom. The molecule has 0 unspecified atom stereocenters. The normalized spacial score (nSPS) is 25.2. The maximum absolute atomic E-state index is 13.9. The van der Waals surface area contributed by atoms with Gasteiger partial charge in [0.15, 0.2) is 5.54 Å². The van der Waals surface area contributed by atoms with E-state index < -0.39 is 5.54 Å². The molecule has 190 valence electrons. The van der Waals surface area contributed by atoms with Crippen LogP contribution in [0.1, 0.15) is 47.3 Å². The Balaban J connectivity index is 1.30. The number of pyridine rings is 1. The lowest BCUT2D eigenvalue weighted by Gasteiger charge is -2.40. The van der Waals surface area contributed by atoms with E-state index in [0.717, 1.165) is 50.9 Å². The summed E-state index contributed by atoms with van der Waals surface area (Å²) in [5, 5.41) is 3.07. The Hall–Kier alpha value is -3.30. The topological polar surface area (TPSA) is 101 Å². The van der Waals surface area contributed by atoms with Gasteiger partial charge < -0.3 is 14.8 Å². The zero-order valence-corrected chi connectivity index (χ0v) is 20.5. The van der Waals surface area contributed by atoms with Gasteiger partial charge in [-0.15, -0.1) is 0 Å². The number of piperidine rings is 1. The maximum atomic E-state index is 13.9. The number of imide groups is 1. The average Bonchev–Trinajstić information content (AvgIpc) is 3.52. The van der Waals surface area contributed by atoms with Crippen LogP contribution in [0.4, 0.5) is 4.79 Å². The highest BCUT2D eigenvalue weighted by atomic mass is 16.5. The van der Waals surface area contributed by atoms with Gasteiger partial charge in [0.05, 0.1) is 31.0 Å². The third-order valence-corrected chi connectivity index (χ3v) is 7.59. The Bertz CT molecular complexity index is 1090. The van der Waals surface area contributed by atoms with E-state index in [1.807, 2.05) is 30.3 Å². The van der Waals surface area contributed by atoms with Crippen LogP contribution in [0, 0.1) is 5.92 Å². The van der Waals surface area contributed by atoms with E-state index in [1.54, 1.807) is 18.3 Å². The molecule has 4 heterocycles. The van der Waals surface area contributed by atoms with Crippen LogP contribution in [0.25, 0.3) is 0 Å². The number of nitrogens with zero attached hydrogens (tertiary/aromatic N) is 3. The van der Waals surface area contributed by atoms with Gasteiger partial charge in [0, 0.05) is 19.3 Å². The lowest BCUT2D eigenvalue weighted by atomic mass is 9.75. The first-order valence-electron chi connectivity index (χ1n) is 12.6. The van der Waals surface area contributed by atoms with Crippen molar-refractivity contribution in [1.82, 2.24) is 20.1 Å². The number of benzene rings is 1. The summed E-state index contributed by atoms with van der Waals surface area (Å²) in [7, 11) is 1.37. The third-order valence-electron chi connectivity index (χ3n) is 7.59. The molecule has 3 amide bonds. The summed E-state index contributed by atoms with van der Waals surface area (Å²) in [5.41, 5.74) is 1.06. The van der Waals surface area contributed by atoms with E-state index in [-0.39, 0.29) is 36.5 Å². The minimum Gasteiger partial charge on any atom is -0.465 e. The van der Waals surface area contributed by atoms with Crippen LogP contribution in [0.2, 0.25) is 0 Å². The second-order valence-corrected chi connectivity index (χ2v) is 9.74. The third kappa shape index (κ3) is 4.60. The molecule has 0 bridgehead atoms. The van der Waals surface area contributed by atoms with Crippen LogP contribution in [0.5, 0.6) is 0 Å². The van der Waals surface area contributed by atoms with E-state index in [0.29, 0.717) is 17.9 Å². The van der Waals surface area contributed by atoms with Crippen molar-refractivity contribution in [3.63, 3.8) is 0 Å². The van der Waals surface area contributed by atoms with Crippen molar-refractivity contribution in [3.05, 3.63) is 65.5 Å². The minimum atomic E-state index is -1.16. The van der Waals surface area contributed by atoms with Crippen molar-refractivity contribution in [2.24, 2.45) is 5.92 Å². The number of likely N-dealkylation sites (tertiary alicyclic amines) is 1. The second-order valence-electron chi connectivity index (χ2n) is 9.74. The van der Waals surface area contributed by atoms with E-state index in [9.17, 15) is 14.4 Å². The molecule has 9 nitrogen and oxygen atoms in total. The molecule has 9 heteroatoms. The first-order chi connectivity index (χ1) is 17.5. The average molecular weight is 493 g/mol. The number of carbonyl (C=O) groups excluding carboxylic acids is 3. The van der Waals surface area contributed by atoms with Gasteiger partial charge in [-0.3, -0.25) is 19.6 Å². The SMILES string of the molecule is COC(=O)c1ccc(CN2CCC([C@@]3(c4ccccn4)NC(=O)N(C[C@@H]4CCCO4)C3=O)CC2)cc1. The van der Waals surface area contributed by atoms with Crippen LogP contribution in [0.15, 0.2) is 48.7 Å². The fraction of sp³-hybridized carbons (Fsp3) is 0.481. The molecule has 0 saturated carbocycles. The summed E-state index contributed by atoms with van der Waals surface area (Å²) in [6.45, 7) is 3.26. The van der Waals surface area contributed by atoms with Gasteiger partial charge in [-0.25, -0.2) is 9.59 Å². The number of amides is 3. The predicted molar refractivity (Wildman–Crippen MR) is 131 cm³/mol. The fourth-order valence-electron chi connectivity index (χ4n) is 5.65. The van der Waals surface area contributed by atoms with Crippen LogP contribution in [-0.4, -0.2) is 72.1 Å². The molecular formula is C27H32N4O5. The highest BCUT2D eigenvalue weighted by Gasteiger charge is 2.58. The molecule has 2 aromatic rings. The van der Waals surface area contributed by atoms with E-state index >= 15 is 0 Å². The van der Waals surface area contributed by atoms with Gasteiger partial charge in [-0.05, 0) is 74.5 Å². The molecule has 0 radical (unpaired) electrons. The second kappa shape index (κ2) is 10.4. The molecule has 36 heavy (non-hydrogen) atoms. The summed E-state index contributed by atoms with van der Waals surface area (Å²) < 4.78 is 10.5. The molecule has 0 spiro atoms. The largest absolute Gasteiger partial charge is 0.465 e. The molecule has 0 aliphatic carbocycles. The number of esters is 1. The smallest absolute Gasteiger partial charge is 0.337 e. The molecule has 3 aliphatic rings. The summed E-state index contributed by atoms with van der Waals surface area (Å²) in [6, 6.07) is 12.6. The standard InChI is InChI=1S/C27H32N4O5/c1-35-24(32)20-9-7-19(8-10-20)17-30-14-11-21(12-15-30)27(23-6-2-3-13-28-23)25(33)31(26(34)29-27)18-22-5-4-16-36-22/h2-3,6-10,13,21-22H,4-5,11-12,14-18H2,1H3,(H,29,34)/t22-,27-/m0/s1. The summed E-state index contributed by atoms with van der Waals surface area (Å²) >= 11 is 0. The lowest BCUT2D eigenvalue weighted by Crippen LogP contribution is -2.54. The number of urea groups is 1. The van der Waals surface area contributed by atoms with Gasteiger partial charge >= 0.3 is 12.0 Å². The van der Waals surface area contributed by atoms with Crippen molar-refractivity contribution in [1.29, 1.82) is 0 Å². The van der Waals surface area contributed by atoms with Crippen LogP contribution < -0.4 is 5.32 Å². The fourth-order valence-corrected chi connectivity index (χ4v) is 5.65. The number of rotatable bonds is 7. The van der Waals surface area contributed by atoms with Crippen LogP contribution >= 0.6 is 0 Å². The zero-order chi connectivity index (χ0) is 25.1. The number of carbonyl (C=O) groups is 3. The first kappa shape index (κ1) is 24.4. The number of methoxy groups -OCH3 is 1. The van der Waals surface area contributed by atoms with Gasteiger partial charge in [0.1, 0.15) is 0 Å². The maximum Gasteiger partial charge on any atom is 0.337 e. The summed E-state index contributed by atoms with van der Waals surface area (Å²) in [5.74, 6) is -0.645. The van der Waals surface area contributed by atoms with E-state index in [2.05, 4.69) is 15.2 Å². The lowest BCUT2D eigenvalue weighted by molar-refractivity contribution is -0.135. The summed E-state index contributed by atoms with van der Waals surface area (Å²) in [6.07, 6.45) is 4.86. The Morgan fingerprint density at radius 1 is 1.14 bits per heavy atom. The number of ether oxygens (including phenoxy) is 2.